The molecule has 0 bridgehead atoms. The normalized spacial score (nSPS) is 15.7. The van der Waals surface area contributed by atoms with Crippen LogP contribution in [0.3, 0.4) is 0 Å². The number of rotatable bonds is 8. The molecule has 210 valence electrons. The lowest BCUT2D eigenvalue weighted by Gasteiger charge is -2.33. The zero-order valence-corrected chi connectivity index (χ0v) is 22.8. The molecular weight excluding hydrogens is 504 g/mol. The Bertz CT molecular complexity index is 1300. The summed E-state index contributed by atoms with van der Waals surface area (Å²) in [5, 5.41) is 27.4. The number of aromatic nitrogens is 3. The molecular formula is C27H36N6O6. The average molecular weight is 541 g/mol. The summed E-state index contributed by atoms with van der Waals surface area (Å²) < 4.78 is 12.9. The van der Waals surface area contributed by atoms with Gasteiger partial charge in [-0.1, -0.05) is 0 Å². The molecule has 1 saturated heterocycles. The van der Waals surface area contributed by atoms with E-state index in [9.17, 15) is 19.8 Å². The summed E-state index contributed by atoms with van der Waals surface area (Å²) in [6.07, 6.45) is 1.59. The van der Waals surface area contributed by atoms with Crippen LogP contribution in [0, 0.1) is 0 Å². The zero-order chi connectivity index (χ0) is 28.2. The van der Waals surface area contributed by atoms with Crippen molar-refractivity contribution in [1.82, 2.24) is 19.5 Å². The number of piperidine rings is 1. The third-order valence-electron chi connectivity index (χ3n) is 6.19. The maximum Gasteiger partial charge on any atom is 0.420 e. The molecule has 1 aliphatic heterocycles. The molecule has 39 heavy (non-hydrogen) atoms. The summed E-state index contributed by atoms with van der Waals surface area (Å²) in [7, 11) is 0. The molecule has 0 spiro atoms. The van der Waals surface area contributed by atoms with E-state index in [1.165, 1.54) is 9.80 Å². The number of nitrogens with zero attached hydrogens (tertiary/aromatic N) is 5. The van der Waals surface area contributed by atoms with Crippen LogP contribution in [-0.4, -0.2) is 79.8 Å². The number of fused-ring (bicyclic) bond motifs is 1. The van der Waals surface area contributed by atoms with Crippen molar-refractivity contribution in [2.24, 2.45) is 0 Å². The van der Waals surface area contributed by atoms with E-state index >= 15 is 0 Å². The first-order valence-electron chi connectivity index (χ1n) is 13.1. The highest BCUT2D eigenvalue weighted by Gasteiger charge is 2.32. The van der Waals surface area contributed by atoms with Gasteiger partial charge in [0.1, 0.15) is 17.2 Å². The highest BCUT2D eigenvalue weighted by molar-refractivity contribution is 5.97. The zero-order valence-electron chi connectivity index (χ0n) is 22.8. The molecule has 3 N–H and O–H groups in total. The van der Waals surface area contributed by atoms with Crippen molar-refractivity contribution in [3.63, 3.8) is 0 Å². The second-order valence-electron chi connectivity index (χ2n) is 10.3. The van der Waals surface area contributed by atoms with Gasteiger partial charge in [0.2, 0.25) is 0 Å². The van der Waals surface area contributed by atoms with Crippen molar-refractivity contribution in [3.05, 3.63) is 42.1 Å². The van der Waals surface area contributed by atoms with E-state index in [2.05, 4.69) is 10.4 Å². The maximum absolute atomic E-state index is 13.8. The predicted octanol–water partition coefficient (Wildman–Crippen LogP) is 4.29. The van der Waals surface area contributed by atoms with Crippen LogP contribution in [0.4, 0.5) is 26.9 Å². The Balaban J connectivity index is 1.86. The van der Waals surface area contributed by atoms with Crippen LogP contribution in [0.15, 0.2) is 36.5 Å². The SMILES string of the molecule is CCOc1ccc(N(C(=O)OC(C)(C)C)c2c(CCO)c(N[C@H]3CCCN(C(=O)O)C3)nc3ccnn23)cc1. The molecule has 4 rings (SSSR count). The van der Waals surface area contributed by atoms with Crippen molar-refractivity contribution < 1.29 is 29.3 Å². The van der Waals surface area contributed by atoms with Crippen LogP contribution in [0.25, 0.3) is 5.65 Å². The van der Waals surface area contributed by atoms with Crippen molar-refractivity contribution in [2.45, 2.75) is 58.6 Å². The fraction of sp³-hybridized carbons (Fsp3) is 0.481. The molecule has 1 atom stereocenters. The molecule has 1 aromatic carbocycles. The number of carbonyl (C=O) groups excluding carboxylic acids is 1. The molecule has 2 aromatic heterocycles. The number of carbonyl (C=O) groups is 2. The molecule has 1 fully saturated rings. The van der Waals surface area contributed by atoms with Crippen molar-refractivity contribution in [2.75, 3.05) is 36.5 Å². The van der Waals surface area contributed by atoms with Crippen LogP contribution in [0.5, 0.6) is 5.75 Å². The molecule has 0 saturated carbocycles. The number of carboxylic acid groups (broad SMARTS) is 1. The van der Waals surface area contributed by atoms with E-state index in [0.29, 0.717) is 60.4 Å². The van der Waals surface area contributed by atoms with Gasteiger partial charge in [0.05, 0.1) is 18.5 Å². The first-order valence-corrected chi connectivity index (χ1v) is 13.1. The first-order chi connectivity index (χ1) is 18.6. The number of amides is 2. The summed E-state index contributed by atoms with van der Waals surface area (Å²) in [6, 6.07) is 8.57. The molecule has 12 nitrogen and oxygen atoms in total. The van der Waals surface area contributed by atoms with Gasteiger partial charge in [0.25, 0.3) is 0 Å². The van der Waals surface area contributed by atoms with E-state index in [1.54, 1.807) is 61.8 Å². The highest BCUT2D eigenvalue weighted by atomic mass is 16.6. The summed E-state index contributed by atoms with van der Waals surface area (Å²) in [6.45, 7) is 8.31. The molecule has 1 aliphatic rings. The number of likely N-dealkylation sites (tertiary alicyclic amines) is 1. The second-order valence-corrected chi connectivity index (χ2v) is 10.3. The number of ether oxygens (including phenoxy) is 2. The van der Waals surface area contributed by atoms with E-state index in [0.717, 1.165) is 6.42 Å². The van der Waals surface area contributed by atoms with Crippen molar-refractivity contribution in [1.29, 1.82) is 0 Å². The molecule has 2 amide bonds. The quantitative estimate of drug-likeness (QED) is 0.381. The Morgan fingerprint density at radius 2 is 1.95 bits per heavy atom. The Labute approximate surface area is 227 Å². The molecule has 12 heteroatoms. The predicted molar refractivity (Wildman–Crippen MR) is 146 cm³/mol. The highest BCUT2D eigenvalue weighted by Crippen LogP contribution is 2.36. The Morgan fingerprint density at radius 3 is 2.59 bits per heavy atom. The largest absolute Gasteiger partial charge is 0.494 e. The van der Waals surface area contributed by atoms with Crippen molar-refractivity contribution >= 4 is 35.2 Å². The lowest BCUT2D eigenvalue weighted by atomic mass is 10.1. The minimum absolute atomic E-state index is 0.159. The Morgan fingerprint density at radius 1 is 1.21 bits per heavy atom. The third kappa shape index (κ3) is 6.51. The molecule has 3 heterocycles. The molecule has 3 aromatic rings. The van der Waals surface area contributed by atoms with Gasteiger partial charge in [-0.25, -0.2) is 19.5 Å². The van der Waals surface area contributed by atoms with E-state index in [4.69, 9.17) is 14.5 Å². The van der Waals surface area contributed by atoms with E-state index in [1.807, 2.05) is 6.92 Å². The second kappa shape index (κ2) is 11.8. The fourth-order valence-corrected chi connectivity index (χ4v) is 4.59. The van der Waals surface area contributed by atoms with Gasteiger partial charge >= 0.3 is 12.2 Å². The van der Waals surface area contributed by atoms with Gasteiger partial charge in [0.15, 0.2) is 11.5 Å². The number of nitrogens with one attached hydrogen (secondary N) is 1. The van der Waals surface area contributed by atoms with Gasteiger partial charge in [-0.2, -0.15) is 9.61 Å². The lowest BCUT2D eigenvalue weighted by Crippen LogP contribution is -2.44. The summed E-state index contributed by atoms with van der Waals surface area (Å²) >= 11 is 0. The summed E-state index contributed by atoms with van der Waals surface area (Å²) in [5.41, 5.74) is 0.744. The number of aliphatic hydroxyl groups is 1. The summed E-state index contributed by atoms with van der Waals surface area (Å²) in [4.78, 5) is 32.9. The fourth-order valence-electron chi connectivity index (χ4n) is 4.59. The van der Waals surface area contributed by atoms with E-state index < -0.39 is 17.8 Å². The number of hydrogen-bond donors (Lipinski definition) is 3. The van der Waals surface area contributed by atoms with Crippen LogP contribution in [0.2, 0.25) is 0 Å². The van der Waals surface area contributed by atoms with E-state index in [-0.39, 0.29) is 19.1 Å². The number of benzene rings is 1. The third-order valence-corrected chi connectivity index (χ3v) is 6.19. The minimum atomic E-state index is -0.969. The van der Waals surface area contributed by atoms with Gasteiger partial charge in [-0.05, 0) is 64.8 Å². The number of hydrogen-bond acceptors (Lipinski definition) is 8. The molecule has 0 unspecified atom stereocenters. The number of aliphatic hydroxyl groups excluding tert-OH is 1. The Hall–Kier alpha value is -4.06. The van der Waals surface area contributed by atoms with Crippen LogP contribution >= 0.6 is 0 Å². The van der Waals surface area contributed by atoms with Crippen LogP contribution in [-0.2, 0) is 11.2 Å². The van der Waals surface area contributed by atoms with Gasteiger partial charge in [-0.15, -0.1) is 0 Å². The average Bonchev–Trinajstić information content (AvgIpc) is 3.34. The van der Waals surface area contributed by atoms with Crippen molar-refractivity contribution in [3.8, 4) is 5.75 Å². The summed E-state index contributed by atoms with van der Waals surface area (Å²) in [5.74, 6) is 1.47. The molecule has 0 radical (unpaired) electrons. The van der Waals surface area contributed by atoms with Gasteiger partial charge in [-0.3, -0.25) is 0 Å². The minimum Gasteiger partial charge on any atom is -0.494 e. The standard InChI is InChI=1S/C27H36N6O6/c1-5-38-20-10-8-19(9-11-20)32(26(37)39-27(2,3)4)24-21(13-16-34)23(30-22-12-14-28-33(22)24)29-18-7-6-15-31(17-18)25(35)36/h8-12,14,18,34H,5-7,13,15-17H2,1-4H3,(H,29,30)(H,35,36)/t18-/m0/s1. The molecule has 0 aliphatic carbocycles. The monoisotopic (exact) mass is 540 g/mol. The van der Waals surface area contributed by atoms with Crippen LogP contribution < -0.4 is 15.0 Å². The smallest absolute Gasteiger partial charge is 0.420 e. The maximum atomic E-state index is 13.8. The first kappa shape index (κ1) is 28.0. The van der Waals surface area contributed by atoms with Gasteiger partial charge in [0, 0.05) is 43.8 Å². The lowest BCUT2D eigenvalue weighted by molar-refractivity contribution is 0.0597. The Kier molecular flexibility index (Phi) is 8.44. The van der Waals surface area contributed by atoms with Gasteiger partial charge < -0.3 is 29.9 Å². The van der Waals surface area contributed by atoms with Crippen LogP contribution in [0.1, 0.15) is 46.1 Å². The topological polar surface area (TPSA) is 142 Å². The number of anilines is 3.